The van der Waals surface area contributed by atoms with Gasteiger partial charge in [-0.15, -0.1) is 0 Å². The molecule has 0 aliphatic rings. The van der Waals surface area contributed by atoms with Crippen LogP contribution in [0.4, 0.5) is 10.6 Å². The monoisotopic (exact) mass is 342 g/mol. The van der Waals surface area contributed by atoms with E-state index >= 15 is 0 Å². The second-order valence-corrected chi connectivity index (χ2v) is 5.62. The first-order valence-corrected chi connectivity index (χ1v) is 7.93. The van der Waals surface area contributed by atoms with E-state index in [9.17, 15) is 4.79 Å². The van der Waals surface area contributed by atoms with E-state index in [4.69, 9.17) is 10.00 Å². The van der Waals surface area contributed by atoms with Crippen molar-refractivity contribution in [3.8, 4) is 11.8 Å². The van der Waals surface area contributed by atoms with Gasteiger partial charge in [-0.2, -0.15) is 10.4 Å². The van der Waals surface area contributed by atoms with Crippen LogP contribution in [0.15, 0.2) is 24.4 Å². The van der Waals surface area contributed by atoms with Crippen LogP contribution in [-0.4, -0.2) is 29.0 Å². The Labute approximate surface area is 146 Å². The lowest BCUT2D eigenvalue weighted by Gasteiger charge is -2.11. The maximum Gasteiger partial charge on any atom is 0.333 e. The fourth-order valence-corrected chi connectivity index (χ4v) is 2.25. The number of hydrogen-bond acceptors (Lipinski definition) is 5. The van der Waals surface area contributed by atoms with Gasteiger partial charge in [-0.1, -0.05) is 17.7 Å². The number of aromatic nitrogens is 2. The zero-order valence-corrected chi connectivity index (χ0v) is 14.6. The summed E-state index contributed by atoms with van der Waals surface area (Å²) in [4.78, 5) is 11.7. The number of aryl methyl sites for hydroxylation is 3. The van der Waals surface area contributed by atoms with Gasteiger partial charge in [0.2, 0.25) is 0 Å². The normalized spacial score (nSPS) is 10.0. The van der Waals surface area contributed by atoms with Crippen LogP contribution in [-0.2, 0) is 7.05 Å². The highest BCUT2D eigenvalue weighted by Gasteiger charge is 2.08. The molecule has 0 spiro atoms. The van der Waals surface area contributed by atoms with Gasteiger partial charge in [0.15, 0.2) is 5.82 Å². The number of amides is 2. The lowest BCUT2D eigenvalue weighted by atomic mass is 10.1. The fourth-order valence-electron chi connectivity index (χ4n) is 2.25. The average Bonchev–Trinajstić information content (AvgIpc) is 2.94. The van der Waals surface area contributed by atoms with Crippen LogP contribution in [0.5, 0.6) is 5.75 Å². The van der Waals surface area contributed by atoms with Crippen LogP contribution in [0.2, 0.25) is 0 Å². The zero-order chi connectivity index (χ0) is 18.2. The van der Waals surface area contributed by atoms with E-state index < -0.39 is 6.03 Å². The summed E-state index contributed by atoms with van der Waals surface area (Å²) in [6.07, 6.45) is 2.10. The van der Waals surface area contributed by atoms with E-state index in [2.05, 4.69) is 27.3 Å². The number of hydrazine groups is 1. The SMILES string of the molecule is Cc1ccc(OCCCNC(=O)NNc2c(C#N)cnn2C)c(C)c1. The zero-order valence-electron chi connectivity index (χ0n) is 14.6. The molecule has 1 aromatic carbocycles. The Morgan fingerprint density at radius 3 is 2.92 bits per heavy atom. The van der Waals surface area contributed by atoms with Crippen LogP contribution in [0.3, 0.4) is 0 Å². The molecule has 3 N–H and O–H groups in total. The number of ether oxygens (including phenoxy) is 1. The minimum absolute atomic E-state index is 0.352. The van der Waals surface area contributed by atoms with E-state index in [0.717, 1.165) is 11.3 Å². The van der Waals surface area contributed by atoms with Gasteiger partial charge in [0, 0.05) is 13.6 Å². The van der Waals surface area contributed by atoms with Crippen molar-refractivity contribution >= 4 is 11.8 Å². The molecule has 0 unspecified atom stereocenters. The second kappa shape index (κ2) is 8.59. The van der Waals surface area contributed by atoms with E-state index in [1.165, 1.54) is 16.4 Å². The first-order valence-electron chi connectivity index (χ1n) is 7.93. The van der Waals surface area contributed by atoms with E-state index in [1.807, 2.05) is 32.0 Å². The van der Waals surface area contributed by atoms with Gasteiger partial charge >= 0.3 is 6.03 Å². The minimum atomic E-state index is -0.392. The third kappa shape index (κ3) is 5.14. The largest absolute Gasteiger partial charge is 0.493 e. The third-order valence-corrected chi connectivity index (χ3v) is 3.55. The predicted octanol–water partition coefficient (Wildman–Crippen LogP) is 2.00. The number of anilines is 1. The molecular weight excluding hydrogens is 320 g/mol. The average molecular weight is 342 g/mol. The molecule has 1 heterocycles. The fraction of sp³-hybridized carbons (Fsp3) is 0.353. The van der Waals surface area contributed by atoms with Gasteiger partial charge in [-0.05, 0) is 31.9 Å². The molecule has 0 radical (unpaired) electrons. The standard InChI is InChI=1S/C17H22N6O2/c1-12-5-6-15(13(2)9-12)25-8-4-7-19-17(24)22-21-16-14(10-18)11-20-23(16)3/h5-6,9,11,21H,4,7-8H2,1-3H3,(H2,19,22,24). The van der Waals surface area contributed by atoms with E-state index in [-0.39, 0.29) is 0 Å². The number of nitriles is 1. The summed E-state index contributed by atoms with van der Waals surface area (Å²) in [5, 5.41) is 15.6. The molecule has 0 bridgehead atoms. The molecule has 1 aromatic heterocycles. The Kier molecular flexibility index (Phi) is 6.23. The van der Waals surface area contributed by atoms with Gasteiger partial charge < -0.3 is 10.1 Å². The second-order valence-electron chi connectivity index (χ2n) is 5.62. The van der Waals surface area contributed by atoms with Crippen molar-refractivity contribution in [2.45, 2.75) is 20.3 Å². The van der Waals surface area contributed by atoms with Crippen molar-refractivity contribution in [3.63, 3.8) is 0 Å². The molecule has 2 rings (SSSR count). The Bertz CT molecular complexity index is 778. The van der Waals surface area contributed by atoms with Crippen molar-refractivity contribution in [1.82, 2.24) is 20.5 Å². The van der Waals surface area contributed by atoms with Gasteiger partial charge in [-0.3, -0.25) is 15.5 Å². The number of hydrogen-bond donors (Lipinski definition) is 3. The van der Waals surface area contributed by atoms with Crippen LogP contribution >= 0.6 is 0 Å². The highest BCUT2D eigenvalue weighted by Crippen LogP contribution is 2.18. The predicted molar refractivity (Wildman–Crippen MR) is 94.1 cm³/mol. The number of nitrogens with zero attached hydrogens (tertiary/aromatic N) is 3. The van der Waals surface area contributed by atoms with Crippen molar-refractivity contribution < 1.29 is 9.53 Å². The van der Waals surface area contributed by atoms with Crippen LogP contribution < -0.4 is 20.9 Å². The summed E-state index contributed by atoms with van der Waals surface area (Å²) in [6, 6.07) is 7.63. The van der Waals surface area contributed by atoms with Crippen molar-refractivity contribution in [2.24, 2.45) is 7.05 Å². The van der Waals surface area contributed by atoms with E-state index in [1.54, 1.807) is 7.05 Å². The Morgan fingerprint density at radius 1 is 1.40 bits per heavy atom. The Balaban J connectivity index is 1.65. The summed E-state index contributed by atoms with van der Waals surface area (Å²) in [5.41, 5.74) is 7.79. The molecule has 25 heavy (non-hydrogen) atoms. The summed E-state index contributed by atoms with van der Waals surface area (Å²) in [5.74, 6) is 1.28. The number of rotatable bonds is 7. The van der Waals surface area contributed by atoms with E-state index in [0.29, 0.717) is 31.0 Å². The maximum absolute atomic E-state index is 11.7. The molecule has 8 nitrogen and oxygen atoms in total. The third-order valence-electron chi connectivity index (χ3n) is 3.55. The molecule has 0 aliphatic heterocycles. The van der Waals surface area contributed by atoms with Gasteiger partial charge in [-0.25, -0.2) is 4.79 Å². The molecule has 2 aromatic rings. The van der Waals surface area contributed by atoms with Crippen molar-refractivity contribution in [1.29, 1.82) is 5.26 Å². The molecule has 8 heteroatoms. The summed E-state index contributed by atoms with van der Waals surface area (Å²) >= 11 is 0. The van der Waals surface area contributed by atoms with Crippen molar-refractivity contribution in [3.05, 3.63) is 41.1 Å². The first-order chi connectivity index (χ1) is 12.0. The molecule has 0 fully saturated rings. The molecule has 132 valence electrons. The van der Waals surface area contributed by atoms with Crippen molar-refractivity contribution in [2.75, 3.05) is 18.6 Å². The lowest BCUT2D eigenvalue weighted by Crippen LogP contribution is -2.40. The number of urea groups is 1. The summed E-state index contributed by atoms with van der Waals surface area (Å²) in [7, 11) is 1.67. The van der Waals surface area contributed by atoms with Crippen LogP contribution in [0.25, 0.3) is 0 Å². The number of benzene rings is 1. The quantitative estimate of drug-likeness (QED) is 0.527. The number of carbonyl (C=O) groups excluding carboxylic acids is 1. The highest BCUT2D eigenvalue weighted by atomic mass is 16.5. The molecular formula is C17H22N6O2. The van der Waals surface area contributed by atoms with Crippen LogP contribution in [0.1, 0.15) is 23.1 Å². The first kappa shape index (κ1) is 18.1. The lowest BCUT2D eigenvalue weighted by molar-refractivity contribution is 0.241. The molecule has 0 saturated heterocycles. The molecule has 0 saturated carbocycles. The smallest absolute Gasteiger partial charge is 0.333 e. The maximum atomic E-state index is 11.7. The minimum Gasteiger partial charge on any atom is -0.493 e. The number of nitrogens with one attached hydrogen (secondary N) is 3. The molecule has 2 amide bonds. The number of carbonyl (C=O) groups is 1. The Morgan fingerprint density at radius 2 is 2.20 bits per heavy atom. The summed E-state index contributed by atoms with van der Waals surface area (Å²) in [6.45, 7) is 5.03. The van der Waals surface area contributed by atoms with Crippen LogP contribution in [0, 0.1) is 25.2 Å². The van der Waals surface area contributed by atoms with Gasteiger partial charge in [0.25, 0.3) is 0 Å². The van der Waals surface area contributed by atoms with Gasteiger partial charge in [0.1, 0.15) is 17.4 Å². The topological polar surface area (TPSA) is 104 Å². The summed E-state index contributed by atoms with van der Waals surface area (Å²) < 4.78 is 7.17. The van der Waals surface area contributed by atoms with Gasteiger partial charge in [0.05, 0.1) is 12.8 Å². The Hall–Kier alpha value is -3.21. The molecule has 0 atom stereocenters. The molecule has 0 aliphatic carbocycles. The highest BCUT2D eigenvalue weighted by molar-refractivity contribution is 5.75.